The van der Waals surface area contributed by atoms with Crippen molar-refractivity contribution in [2.45, 2.75) is 6.23 Å². The number of nitrogens with zero attached hydrogens (tertiary/aromatic N) is 6. The molecular formula is C17H19ClN6O7S. The van der Waals surface area contributed by atoms with E-state index in [9.17, 15) is 9.59 Å². The van der Waals surface area contributed by atoms with Crippen LogP contribution >= 0.6 is 11.6 Å². The van der Waals surface area contributed by atoms with E-state index in [1.807, 2.05) is 7.05 Å². The fraction of sp³-hybridized carbons (Fsp3) is 0.353. The molecule has 1 atom stereocenters. The lowest BCUT2D eigenvalue weighted by molar-refractivity contribution is 0.0476. The standard InChI is InChI=1S/C17H17ClN6O3.H2O4S/c1-22-6-8-23(9-7-22)17(26)27-16-14-13(19-4-5-20-14)15(25)24(16)12-3-2-11(18)10-21-12;1-5(2,3)4/h2-5,10,16H,6-9H2,1H3;(H2,1,2,3,4). The first kappa shape index (κ1) is 23.7. The zero-order chi connectivity index (χ0) is 23.5. The number of ether oxygens (including phenoxy) is 1. The number of carbonyl (C=O) groups excluding carboxylic acids is 2. The van der Waals surface area contributed by atoms with Crippen LogP contribution in [0.25, 0.3) is 0 Å². The molecular weight excluding hydrogens is 468 g/mol. The van der Waals surface area contributed by atoms with E-state index < -0.39 is 28.6 Å². The Kier molecular flexibility index (Phi) is 7.20. The van der Waals surface area contributed by atoms with Gasteiger partial charge in [-0.25, -0.2) is 19.7 Å². The number of amides is 2. The van der Waals surface area contributed by atoms with E-state index in [1.54, 1.807) is 17.0 Å². The van der Waals surface area contributed by atoms with Crippen LogP contribution in [0.5, 0.6) is 0 Å². The molecule has 2 amide bonds. The van der Waals surface area contributed by atoms with Crippen LogP contribution in [-0.4, -0.2) is 87.5 Å². The molecule has 4 heterocycles. The molecule has 0 aliphatic carbocycles. The second-order valence-electron chi connectivity index (χ2n) is 6.77. The number of hydrogen-bond donors (Lipinski definition) is 2. The Hall–Kier alpha value is -2.91. The molecule has 0 saturated carbocycles. The van der Waals surface area contributed by atoms with Gasteiger partial charge in [0.1, 0.15) is 11.5 Å². The lowest BCUT2D eigenvalue weighted by atomic mass is 10.3. The Morgan fingerprint density at radius 2 is 1.75 bits per heavy atom. The van der Waals surface area contributed by atoms with E-state index >= 15 is 0 Å². The Labute approximate surface area is 188 Å². The maximum Gasteiger partial charge on any atom is 0.412 e. The zero-order valence-corrected chi connectivity index (χ0v) is 18.3. The molecule has 32 heavy (non-hydrogen) atoms. The fourth-order valence-electron chi connectivity index (χ4n) is 3.04. The average molecular weight is 487 g/mol. The SMILES string of the molecule is CN1CCN(C(=O)OC2c3nccnc3C(=O)N2c2ccc(Cl)cn2)CC1.O=S(=O)(O)O. The summed E-state index contributed by atoms with van der Waals surface area (Å²) in [5.74, 6) is -0.121. The predicted octanol–water partition coefficient (Wildman–Crippen LogP) is 0.915. The molecule has 0 bridgehead atoms. The third-order valence-electron chi connectivity index (χ3n) is 4.55. The molecule has 13 nitrogen and oxygen atoms in total. The van der Waals surface area contributed by atoms with Gasteiger partial charge >= 0.3 is 16.5 Å². The van der Waals surface area contributed by atoms with Crippen molar-refractivity contribution in [3.63, 3.8) is 0 Å². The number of hydrogen-bond acceptors (Lipinski definition) is 9. The summed E-state index contributed by atoms with van der Waals surface area (Å²) < 4.78 is 37.3. The lowest BCUT2D eigenvalue weighted by Crippen LogP contribution is -2.48. The molecule has 1 unspecified atom stereocenters. The number of fused-ring (bicyclic) bond motifs is 1. The lowest BCUT2D eigenvalue weighted by Gasteiger charge is -2.33. The van der Waals surface area contributed by atoms with Crippen molar-refractivity contribution >= 4 is 39.8 Å². The minimum Gasteiger partial charge on any atom is -0.419 e. The Balaban J connectivity index is 0.000000523. The molecule has 2 aromatic heterocycles. The summed E-state index contributed by atoms with van der Waals surface area (Å²) >= 11 is 5.89. The van der Waals surface area contributed by atoms with Crippen molar-refractivity contribution in [1.82, 2.24) is 24.8 Å². The van der Waals surface area contributed by atoms with Gasteiger partial charge in [-0.1, -0.05) is 11.6 Å². The van der Waals surface area contributed by atoms with Gasteiger partial charge in [0.15, 0.2) is 5.69 Å². The fourth-order valence-corrected chi connectivity index (χ4v) is 3.15. The van der Waals surface area contributed by atoms with Crippen molar-refractivity contribution in [2.75, 3.05) is 38.1 Å². The highest BCUT2D eigenvalue weighted by Gasteiger charge is 2.44. The summed E-state index contributed by atoms with van der Waals surface area (Å²) in [6.07, 6.45) is 2.78. The van der Waals surface area contributed by atoms with E-state index in [1.165, 1.54) is 23.5 Å². The van der Waals surface area contributed by atoms with Gasteiger partial charge in [0.25, 0.3) is 5.91 Å². The number of anilines is 1. The summed E-state index contributed by atoms with van der Waals surface area (Å²) in [6.45, 7) is 2.64. The van der Waals surface area contributed by atoms with Crippen LogP contribution < -0.4 is 4.90 Å². The summed E-state index contributed by atoms with van der Waals surface area (Å²) in [5.41, 5.74) is 0.437. The summed E-state index contributed by atoms with van der Waals surface area (Å²) in [6, 6.07) is 3.20. The molecule has 172 valence electrons. The van der Waals surface area contributed by atoms with Gasteiger partial charge in [0.2, 0.25) is 6.23 Å². The second-order valence-corrected chi connectivity index (χ2v) is 8.11. The molecule has 4 rings (SSSR count). The van der Waals surface area contributed by atoms with Crippen LogP contribution in [0.3, 0.4) is 0 Å². The maximum atomic E-state index is 12.8. The Bertz CT molecular complexity index is 1080. The Morgan fingerprint density at radius 3 is 2.34 bits per heavy atom. The monoisotopic (exact) mass is 486 g/mol. The molecule has 2 aromatic rings. The van der Waals surface area contributed by atoms with Gasteiger partial charge in [-0.05, 0) is 19.2 Å². The Morgan fingerprint density at radius 1 is 1.12 bits per heavy atom. The topological polar surface area (TPSA) is 166 Å². The van der Waals surface area contributed by atoms with Gasteiger partial charge < -0.3 is 14.5 Å². The molecule has 0 spiro atoms. The quantitative estimate of drug-likeness (QED) is 0.579. The molecule has 1 saturated heterocycles. The highest BCUT2D eigenvalue weighted by atomic mass is 35.5. The second kappa shape index (κ2) is 9.70. The van der Waals surface area contributed by atoms with Crippen molar-refractivity contribution < 1.29 is 31.8 Å². The van der Waals surface area contributed by atoms with Crippen LogP contribution in [0.1, 0.15) is 22.4 Å². The normalized spacial score (nSPS) is 18.6. The number of piperazine rings is 1. The first-order chi connectivity index (χ1) is 15.0. The van der Waals surface area contributed by atoms with Crippen molar-refractivity contribution in [3.8, 4) is 0 Å². The van der Waals surface area contributed by atoms with E-state index in [2.05, 4.69) is 19.9 Å². The summed E-state index contributed by atoms with van der Waals surface area (Å²) in [4.78, 5) is 43.0. The number of pyridine rings is 1. The summed E-state index contributed by atoms with van der Waals surface area (Å²) in [5, 5.41) is 0.435. The van der Waals surface area contributed by atoms with Crippen LogP contribution in [0.15, 0.2) is 30.7 Å². The van der Waals surface area contributed by atoms with Crippen molar-refractivity contribution in [2.24, 2.45) is 0 Å². The van der Waals surface area contributed by atoms with Crippen LogP contribution in [0.4, 0.5) is 10.6 Å². The van der Waals surface area contributed by atoms with Crippen molar-refractivity contribution in [1.29, 1.82) is 0 Å². The van der Waals surface area contributed by atoms with E-state index in [4.69, 9.17) is 33.9 Å². The molecule has 2 aliphatic heterocycles. The molecule has 0 radical (unpaired) electrons. The minimum absolute atomic E-state index is 0.144. The largest absolute Gasteiger partial charge is 0.419 e. The van der Waals surface area contributed by atoms with Crippen molar-refractivity contribution in [3.05, 3.63) is 47.1 Å². The zero-order valence-electron chi connectivity index (χ0n) is 16.7. The number of rotatable bonds is 2. The number of carbonyl (C=O) groups is 2. The van der Waals surface area contributed by atoms with Gasteiger partial charge in [0, 0.05) is 44.8 Å². The number of halogens is 1. The van der Waals surface area contributed by atoms with Crippen LogP contribution in [0, 0.1) is 0 Å². The van der Waals surface area contributed by atoms with Crippen LogP contribution in [-0.2, 0) is 15.1 Å². The molecule has 2 aliphatic rings. The smallest absolute Gasteiger partial charge is 0.412 e. The average Bonchev–Trinajstić information content (AvgIpc) is 3.00. The van der Waals surface area contributed by atoms with Gasteiger partial charge in [-0.3, -0.25) is 18.9 Å². The van der Waals surface area contributed by atoms with E-state index in [-0.39, 0.29) is 5.69 Å². The number of likely N-dealkylation sites (N-methyl/N-ethyl adjacent to an activating group) is 1. The number of aromatic nitrogens is 3. The predicted molar refractivity (Wildman–Crippen MR) is 111 cm³/mol. The van der Waals surface area contributed by atoms with Crippen LogP contribution in [0.2, 0.25) is 5.02 Å². The van der Waals surface area contributed by atoms with E-state index in [0.717, 1.165) is 13.1 Å². The van der Waals surface area contributed by atoms with Gasteiger partial charge in [-0.2, -0.15) is 8.42 Å². The molecule has 0 aromatic carbocycles. The highest BCUT2D eigenvalue weighted by molar-refractivity contribution is 7.79. The van der Waals surface area contributed by atoms with Gasteiger partial charge in [0.05, 0.1) is 5.02 Å². The highest BCUT2D eigenvalue weighted by Crippen LogP contribution is 2.35. The molecule has 15 heteroatoms. The first-order valence-corrected chi connectivity index (χ1v) is 10.9. The van der Waals surface area contributed by atoms with Gasteiger partial charge in [-0.15, -0.1) is 0 Å². The molecule has 1 fully saturated rings. The minimum atomic E-state index is -4.67. The summed E-state index contributed by atoms with van der Waals surface area (Å²) in [7, 11) is -2.67. The third-order valence-corrected chi connectivity index (χ3v) is 4.77. The van der Waals surface area contributed by atoms with E-state index in [0.29, 0.717) is 29.6 Å². The molecule has 2 N–H and O–H groups in total. The maximum absolute atomic E-state index is 12.8. The third kappa shape index (κ3) is 5.86. The first-order valence-electron chi connectivity index (χ1n) is 9.14.